The first-order valence-corrected chi connectivity index (χ1v) is 7.54. The van der Waals surface area contributed by atoms with Crippen LogP contribution in [0.25, 0.3) is 5.69 Å². The van der Waals surface area contributed by atoms with Crippen LogP contribution in [0.2, 0.25) is 5.15 Å². The normalized spacial score (nSPS) is 12.0. The van der Waals surface area contributed by atoms with Gasteiger partial charge in [-0.15, -0.1) is 6.58 Å². The van der Waals surface area contributed by atoms with Gasteiger partial charge in [0.1, 0.15) is 5.69 Å². The smallest absolute Gasteiger partial charge is 0.230 e. The van der Waals surface area contributed by atoms with Crippen molar-refractivity contribution in [3.05, 3.63) is 48.5 Å². The molecule has 0 N–H and O–H groups in total. The Balaban J connectivity index is 2.32. The molecule has 0 aliphatic rings. The maximum absolute atomic E-state index is 12.5. The summed E-state index contributed by atoms with van der Waals surface area (Å²) in [7, 11) is 0. The molecule has 6 heteroatoms. The van der Waals surface area contributed by atoms with Crippen LogP contribution in [0.15, 0.2) is 43.4 Å². The van der Waals surface area contributed by atoms with Crippen LogP contribution in [0.1, 0.15) is 20.3 Å². The van der Waals surface area contributed by atoms with Gasteiger partial charge in [0, 0.05) is 18.7 Å². The molecule has 116 valence electrons. The summed E-state index contributed by atoms with van der Waals surface area (Å²) in [5, 5.41) is 4.56. The predicted octanol–water partition coefficient (Wildman–Crippen LogP) is 3.49. The second-order valence-corrected chi connectivity index (χ2v) is 5.33. The van der Waals surface area contributed by atoms with Crippen LogP contribution in [0, 0.1) is 5.92 Å². The molecule has 0 fully saturated rings. The van der Waals surface area contributed by atoms with Crippen LogP contribution in [-0.4, -0.2) is 27.2 Å². The van der Waals surface area contributed by atoms with E-state index in [1.807, 2.05) is 26.0 Å². The fourth-order valence-corrected chi connectivity index (χ4v) is 2.44. The lowest BCUT2D eigenvalue weighted by Crippen LogP contribution is -2.34. The summed E-state index contributed by atoms with van der Waals surface area (Å²) in [6.07, 6.45) is 7.50. The van der Waals surface area contributed by atoms with Gasteiger partial charge in [0.25, 0.3) is 0 Å². The monoisotopic (exact) mass is 318 g/mol. The molecule has 0 aromatic carbocycles. The van der Waals surface area contributed by atoms with Gasteiger partial charge < -0.3 is 4.90 Å². The molecule has 1 amide bonds. The van der Waals surface area contributed by atoms with E-state index in [9.17, 15) is 4.79 Å². The van der Waals surface area contributed by atoms with E-state index in [1.165, 1.54) is 0 Å². The van der Waals surface area contributed by atoms with Crippen LogP contribution in [-0.2, 0) is 4.79 Å². The van der Waals surface area contributed by atoms with Crippen molar-refractivity contribution in [2.24, 2.45) is 5.92 Å². The Morgan fingerprint density at radius 1 is 1.59 bits per heavy atom. The van der Waals surface area contributed by atoms with Gasteiger partial charge in [-0.25, -0.2) is 4.68 Å². The lowest BCUT2D eigenvalue weighted by molar-refractivity contribution is -0.121. The first kappa shape index (κ1) is 16.2. The minimum absolute atomic E-state index is 0.00929. The van der Waals surface area contributed by atoms with E-state index in [0.717, 1.165) is 5.69 Å². The number of aromatic nitrogens is 3. The first-order valence-electron chi connectivity index (χ1n) is 7.16. The lowest BCUT2D eigenvalue weighted by atomic mass is 10.1. The second-order valence-electron chi connectivity index (χ2n) is 4.97. The summed E-state index contributed by atoms with van der Waals surface area (Å²) >= 11 is 6.23. The quantitative estimate of drug-likeness (QED) is 0.766. The number of amides is 1. The molecule has 0 aliphatic heterocycles. The van der Waals surface area contributed by atoms with E-state index in [-0.39, 0.29) is 11.8 Å². The zero-order valence-electron chi connectivity index (χ0n) is 12.7. The fourth-order valence-electron chi connectivity index (χ4n) is 2.21. The number of nitrogens with zero attached hydrogens (tertiary/aromatic N) is 4. The van der Waals surface area contributed by atoms with Crippen LogP contribution in [0.3, 0.4) is 0 Å². The Morgan fingerprint density at radius 2 is 2.36 bits per heavy atom. The van der Waals surface area contributed by atoms with Crippen molar-refractivity contribution in [3.63, 3.8) is 0 Å². The fraction of sp³-hybridized carbons (Fsp3) is 0.312. The number of hydrogen-bond donors (Lipinski definition) is 0. The molecule has 2 aromatic rings. The van der Waals surface area contributed by atoms with E-state index >= 15 is 0 Å². The van der Waals surface area contributed by atoms with Crippen molar-refractivity contribution < 1.29 is 4.79 Å². The average molecular weight is 319 g/mol. The summed E-state index contributed by atoms with van der Waals surface area (Å²) in [5.41, 5.74) is 1.40. The third-order valence-corrected chi connectivity index (χ3v) is 3.65. The van der Waals surface area contributed by atoms with E-state index in [4.69, 9.17) is 11.6 Å². The molecule has 5 nitrogen and oxygen atoms in total. The summed E-state index contributed by atoms with van der Waals surface area (Å²) < 4.78 is 1.62. The highest BCUT2D eigenvalue weighted by molar-refractivity contribution is 6.32. The van der Waals surface area contributed by atoms with Gasteiger partial charge in [0.2, 0.25) is 5.91 Å². The lowest BCUT2D eigenvalue weighted by Gasteiger charge is -2.22. The van der Waals surface area contributed by atoms with E-state index in [2.05, 4.69) is 16.7 Å². The molecule has 0 aliphatic carbocycles. The van der Waals surface area contributed by atoms with Gasteiger partial charge in [-0.3, -0.25) is 9.78 Å². The molecule has 0 bridgehead atoms. The molecule has 1 atom stereocenters. The topological polar surface area (TPSA) is 51.0 Å². The van der Waals surface area contributed by atoms with Crippen molar-refractivity contribution in [1.29, 1.82) is 0 Å². The van der Waals surface area contributed by atoms with Crippen LogP contribution in [0.4, 0.5) is 5.69 Å². The van der Waals surface area contributed by atoms with E-state index in [0.29, 0.717) is 23.8 Å². The molecule has 2 heterocycles. The van der Waals surface area contributed by atoms with Crippen LogP contribution in [0.5, 0.6) is 0 Å². The maximum Gasteiger partial charge on any atom is 0.230 e. The van der Waals surface area contributed by atoms with Crippen LogP contribution >= 0.6 is 11.6 Å². The molecule has 2 rings (SSSR count). The minimum Gasteiger partial charge on any atom is -0.308 e. The van der Waals surface area contributed by atoms with Crippen molar-refractivity contribution in [2.75, 3.05) is 11.4 Å². The maximum atomic E-state index is 12.5. The summed E-state index contributed by atoms with van der Waals surface area (Å²) in [5.74, 6) is -0.134. The van der Waals surface area contributed by atoms with E-state index in [1.54, 1.807) is 34.2 Å². The Labute approximate surface area is 135 Å². The van der Waals surface area contributed by atoms with Gasteiger partial charge in [0.15, 0.2) is 5.15 Å². The highest BCUT2D eigenvalue weighted by Crippen LogP contribution is 2.27. The summed E-state index contributed by atoms with van der Waals surface area (Å²) in [6.45, 7) is 8.00. The van der Waals surface area contributed by atoms with Crippen molar-refractivity contribution in [3.8, 4) is 5.69 Å². The molecule has 0 saturated heterocycles. The molecular formula is C16H19ClN4O. The standard InChI is InChI=1S/C16H19ClN4O/c1-4-7-12(3)16(22)20(5-2)14-11-21(19-15(14)17)13-8-6-9-18-10-13/h4,6,8-12H,1,5,7H2,2-3H3. The highest BCUT2D eigenvalue weighted by atomic mass is 35.5. The number of carbonyl (C=O) groups is 1. The number of halogens is 1. The van der Waals surface area contributed by atoms with Crippen molar-refractivity contribution in [1.82, 2.24) is 14.8 Å². The largest absolute Gasteiger partial charge is 0.308 e. The third-order valence-electron chi connectivity index (χ3n) is 3.38. The SMILES string of the molecule is C=CCC(C)C(=O)N(CC)c1cn(-c2cccnc2)nc1Cl. The van der Waals surface area contributed by atoms with Gasteiger partial charge >= 0.3 is 0 Å². The van der Waals surface area contributed by atoms with Gasteiger partial charge in [-0.1, -0.05) is 24.6 Å². The number of hydrogen-bond acceptors (Lipinski definition) is 3. The minimum atomic E-state index is -0.143. The molecule has 0 saturated carbocycles. The Morgan fingerprint density at radius 3 is 2.95 bits per heavy atom. The van der Waals surface area contributed by atoms with Gasteiger partial charge in [-0.05, 0) is 25.5 Å². The van der Waals surface area contributed by atoms with Crippen molar-refractivity contribution in [2.45, 2.75) is 20.3 Å². The molecule has 22 heavy (non-hydrogen) atoms. The number of rotatable bonds is 6. The third kappa shape index (κ3) is 3.36. The summed E-state index contributed by atoms with van der Waals surface area (Å²) in [6, 6.07) is 3.69. The predicted molar refractivity (Wildman–Crippen MR) is 88.4 cm³/mol. The Hall–Kier alpha value is -2.14. The number of anilines is 1. The number of pyridine rings is 1. The molecule has 1 unspecified atom stereocenters. The first-order chi connectivity index (χ1) is 10.6. The highest BCUT2D eigenvalue weighted by Gasteiger charge is 2.23. The van der Waals surface area contributed by atoms with Crippen LogP contribution < -0.4 is 4.90 Å². The molecular weight excluding hydrogens is 300 g/mol. The molecule has 0 radical (unpaired) electrons. The molecule has 0 spiro atoms. The molecule has 2 aromatic heterocycles. The van der Waals surface area contributed by atoms with Gasteiger partial charge in [0.05, 0.1) is 18.1 Å². The number of carbonyl (C=O) groups excluding carboxylic acids is 1. The van der Waals surface area contributed by atoms with Crippen molar-refractivity contribution >= 4 is 23.2 Å². The Kier molecular flexibility index (Phi) is 5.33. The average Bonchev–Trinajstić information content (AvgIpc) is 2.91. The second kappa shape index (κ2) is 7.22. The number of allylic oxidation sites excluding steroid dienone is 1. The summed E-state index contributed by atoms with van der Waals surface area (Å²) in [4.78, 5) is 18.2. The Bertz CT molecular complexity index is 653. The zero-order chi connectivity index (χ0) is 16.1. The van der Waals surface area contributed by atoms with E-state index < -0.39 is 0 Å². The zero-order valence-corrected chi connectivity index (χ0v) is 13.5. The van der Waals surface area contributed by atoms with Gasteiger partial charge in [-0.2, -0.15) is 5.10 Å².